The number of carbonyl (C=O) groups is 2. The number of furan rings is 1. The number of unbranched alkanes of at least 4 members (excludes halogenated alkanes) is 1. The Bertz CT molecular complexity index is 1020. The summed E-state index contributed by atoms with van der Waals surface area (Å²) in [7, 11) is 0. The number of benzene rings is 1. The second-order valence-corrected chi connectivity index (χ2v) is 6.05. The highest BCUT2D eigenvalue weighted by Gasteiger charge is 2.20. The van der Waals surface area contributed by atoms with Crippen LogP contribution in [0.4, 0.5) is 0 Å². The number of nitrogens with zero attached hydrogens (tertiary/aromatic N) is 2. The van der Waals surface area contributed by atoms with Crippen molar-refractivity contribution < 1.29 is 19.1 Å². The molecule has 1 aromatic carbocycles. The Labute approximate surface area is 148 Å². The molecule has 0 fully saturated rings. The Balaban J connectivity index is 1.83. The second-order valence-electron chi connectivity index (χ2n) is 6.05. The van der Waals surface area contributed by atoms with E-state index in [9.17, 15) is 19.5 Å². The van der Waals surface area contributed by atoms with E-state index < -0.39 is 23.5 Å². The number of carboxylic acids is 1. The van der Waals surface area contributed by atoms with E-state index in [1.54, 1.807) is 18.2 Å². The predicted octanol–water partition coefficient (Wildman–Crippen LogP) is 1.90. The van der Waals surface area contributed by atoms with Crippen molar-refractivity contribution in [2.75, 3.05) is 0 Å². The van der Waals surface area contributed by atoms with E-state index in [0.717, 1.165) is 16.4 Å². The van der Waals surface area contributed by atoms with Gasteiger partial charge in [-0.05, 0) is 18.6 Å². The number of fused-ring (bicyclic) bond motifs is 3. The Morgan fingerprint density at radius 2 is 2.12 bits per heavy atom. The number of nitrogens with one attached hydrogen (secondary N) is 1. The van der Waals surface area contributed by atoms with E-state index >= 15 is 0 Å². The molecule has 0 aliphatic rings. The molecule has 3 rings (SSSR count). The number of hydrogen-bond donors (Lipinski definition) is 2. The molecule has 2 heterocycles. The van der Waals surface area contributed by atoms with Crippen molar-refractivity contribution in [3.05, 3.63) is 40.9 Å². The van der Waals surface area contributed by atoms with Gasteiger partial charge < -0.3 is 14.8 Å². The number of aliphatic carboxylic acids is 1. The van der Waals surface area contributed by atoms with Crippen molar-refractivity contribution in [3.63, 3.8) is 0 Å². The first kappa shape index (κ1) is 17.7. The zero-order chi connectivity index (χ0) is 18.7. The Morgan fingerprint density at radius 3 is 2.85 bits per heavy atom. The summed E-state index contributed by atoms with van der Waals surface area (Å²) < 4.78 is 6.67. The van der Waals surface area contributed by atoms with Gasteiger partial charge in [-0.15, -0.1) is 0 Å². The van der Waals surface area contributed by atoms with Crippen LogP contribution < -0.4 is 10.9 Å². The molecule has 2 N–H and O–H groups in total. The van der Waals surface area contributed by atoms with Crippen LogP contribution in [0.15, 0.2) is 39.8 Å². The number of para-hydroxylation sites is 1. The van der Waals surface area contributed by atoms with E-state index in [1.165, 1.54) is 6.33 Å². The van der Waals surface area contributed by atoms with Crippen LogP contribution in [0, 0.1) is 0 Å². The summed E-state index contributed by atoms with van der Waals surface area (Å²) in [6, 6.07) is 6.18. The van der Waals surface area contributed by atoms with Crippen LogP contribution in [-0.2, 0) is 16.1 Å². The molecule has 26 heavy (non-hydrogen) atoms. The topological polar surface area (TPSA) is 114 Å². The standard InChI is InChI=1S/C18H19N3O5/c1-2-3-7-12(18(24)25)20-14(22)9-21-10-19-15-11-6-4-5-8-13(11)26-16(15)17(21)23/h4-6,8,10,12H,2-3,7,9H2,1H3,(H,20,22)(H,24,25). The van der Waals surface area contributed by atoms with Crippen molar-refractivity contribution in [1.82, 2.24) is 14.9 Å². The van der Waals surface area contributed by atoms with Crippen LogP contribution in [0.2, 0.25) is 0 Å². The molecule has 0 spiro atoms. The maximum atomic E-state index is 12.6. The lowest BCUT2D eigenvalue weighted by Crippen LogP contribution is -2.43. The van der Waals surface area contributed by atoms with Crippen molar-refractivity contribution in [1.29, 1.82) is 0 Å². The van der Waals surface area contributed by atoms with Crippen molar-refractivity contribution >= 4 is 33.9 Å². The number of aromatic nitrogens is 2. The smallest absolute Gasteiger partial charge is 0.326 e. The third-order valence-electron chi connectivity index (χ3n) is 4.14. The van der Waals surface area contributed by atoms with Crippen LogP contribution in [0.25, 0.3) is 22.1 Å². The van der Waals surface area contributed by atoms with Gasteiger partial charge in [0.1, 0.15) is 23.7 Å². The van der Waals surface area contributed by atoms with Crippen molar-refractivity contribution in [3.8, 4) is 0 Å². The van der Waals surface area contributed by atoms with Crippen LogP contribution >= 0.6 is 0 Å². The Kier molecular flexibility index (Phi) is 5.01. The summed E-state index contributed by atoms with van der Waals surface area (Å²) in [6.07, 6.45) is 3.12. The lowest BCUT2D eigenvalue weighted by molar-refractivity contribution is -0.142. The molecule has 136 valence electrons. The van der Waals surface area contributed by atoms with Gasteiger partial charge >= 0.3 is 5.97 Å². The highest BCUT2D eigenvalue weighted by atomic mass is 16.4. The molecular formula is C18H19N3O5. The van der Waals surface area contributed by atoms with Gasteiger partial charge in [0.25, 0.3) is 5.56 Å². The van der Waals surface area contributed by atoms with Crippen LogP contribution in [0.1, 0.15) is 26.2 Å². The molecule has 0 aliphatic heterocycles. The lowest BCUT2D eigenvalue weighted by Gasteiger charge is -2.14. The SMILES string of the molecule is CCCCC(NC(=O)Cn1cnc2c(oc3ccccc32)c1=O)C(=O)O. The summed E-state index contributed by atoms with van der Waals surface area (Å²) >= 11 is 0. The van der Waals surface area contributed by atoms with Gasteiger partial charge in [-0.1, -0.05) is 31.9 Å². The average molecular weight is 357 g/mol. The predicted molar refractivity (Wildman–Crippen MR) is 94.9 cm³/mol. The molecule has 8 nitrogen and oxygen atoms in total. The summed E-state index contributed by atoms with van der Waals surface area (Å²) in [5.41, 5.74) is 0.567. The largest absolute Gasteiger partial charge is 0.480 e. The number of carboxylic acid groups (broad SMARTS) is 1. The second kappa shape index (κ2) is 7.38. The number of amides is 1. The Morgan fingerprint density at radius 1 is 1.35 bits per heavy atom. The molecular weight excluding hydrogens is 338 g/mol. The fraction of sp³-hybridized carbons (Fsp3) is 0.333. The summed E-state index contributed by atoms with van der Waals surface area (Å²) in [5.74, 6) is -1.65. The average Bonchev–Trinajstić information content (AvgIpc) is 3.00. The minimum absolute atomic E-state index is 0.0715. The van der Waals surface area contributed by atoms with E-state index in [0.29, 0.717) is 23.9 Å². The first-order chi connectivity index (χ1) is 12.5. The molecule has 1 unspecified atom stereocenters. The molecule has 1 atom stereocenters. The van der Waals surface area contributed by atoms with E-state index in [2.05, 4.69) is 10.3 Å². The highest BCUT2D eigenvalue weighted by molar-refractivity contribution is 6.01. The summed E-state index contributed by atoms with van der Waals surface area (Å²) in [5, 5.41) is 12.3. The molecule has 3 aromatic rings. The third-order valence-corrected chi connectivity index (χ3v) is 4.14. The van der Waals surface area contributed by atoms with Gasteiger partial charge in [-0.25, -0.2) is 9.78 Å². The number of rotatable bonds is 7. The number of carbonyl (C=O) groups excluding carboxylic acids is 1. The maximum absolute atomic E-state index is 12.6. The third kappa shape index (κ3) is 3.44. The quantitative estimate of drug-likeness (QED) is 0.667. The molecule has 0 bridgehead atoms. The molecule has 2 aromatic heterocycles. The fourth-order valence-corrected chi connectivity index (χ4v) is 2.79. The van der Waals surface area contributed by atoms with Gasteiger partial charge in [0.05, 0.1) is 6.33 Å². The van der Waals surface area contributed by atoms with Gasteiger partial charge in [0, 0.05) is 5.39 Å². The van der Waals surface area contributed by atoms with E-state index in [-0.39, 0.29) is 12.1 Å². The van der Waals surface area contributed by atoms with Gasteiger partial charge in [0.15, 0.2) is 0 Å². The molecule has 8 heteroatoms. The van der Waals surface area contributed by atoms with Crippen molar-refractivity contribution in [2.24, 2.45) is 0 Å². The molecule has 0 saturated heterocycles. The number of hydrogen-bond acceptors (Lipinski definition) is 5. The first-order valence-electron chi connectivity index (χ1n) is 8.40. The fourth-order valence-electron chi connectivity index (χ4n) is 2.79. The van der Waals surface area contributed by atoms with Gasteiger partial charge in [-0.3, -0.25) is 14.2 Å². The summed E-state index contributed by atoms with van der Waals surface area (Å²) in [6.45, 7) is 1.61. The molecule has 0 aliphatic carbocycles. The first-order valence-corrected chi connectivity index (χ1v) is 8.40. The normalized spacial score (nSPS) is 12.3. The van der Waals surface area contributed by atoms with E-state index in [1.807, 2.05) is 13.0 Å². The minimum Gasteiger partial charge on any atom is -0.480 e. The Hall–Kier alpha value is -3.16. The zero-order valence-corrected chi connectivity index (χ0v) is 14.3. The van der Waals surface area contributed by atoms with Crippen LogP contribution in [-0.4, -0.2) is 32.6 Å². The molecule has 0 saturated carbocycles. The monoisotopic (exact) mass is 357 g/mol. The van der Waals surface area contributed by atoms with Crippen LogP contribution in [0.5, 0.6) is 0 Å². The summed E-state index contributed by atoms with van der Waals surface area (Å²) in [4.78, 5) is 40.2. The van der Waals surface area contributed by atoms with Gasteiger partial charge in [-0.2, -0.15) is 0 Å². The lowest BCUT2D eigenvalue weighted by atomic mass is 10.1. The van der Waals surface area contributed by atoms with Crippen molar-refractivity contribution in [2.45, 2.75) is 38.8 Å². The zero-order valence-electron chi connectivity index (χ0n) is 14.3. The van der Waals surface area contributed by atoms with E-state index in [4.69, 9.17) is 4.42 Å². The van der Waals surface area contributed by atoms with Crippen LogP contribution in [0.3, 0.4) is 0 Å². The molecule has 0 radical (unpaired) electrons. The molecule has 1 amide bonds. The highest BCUT2D eigenvalue weighted by Crippen LogP contribution is 2.23. The van der Waals surface area contributed by atoms with Gasteiger partial charge in [0.2, 0.25) is 11.5 Å². The maximum Gasteiger partial charge on any atom is 0.326 e. The minimum atomic E-state index is -1.09.